The average Bonchev–Trinajstić information content (AvgIpc) is 1.62. The Morgan fingerprint density at radius 2 is 0.733 bits per heavy atom. The van der Waals surface area contributed by atoms with Gasteiger partial charge in [-0.1, -0.05) is 213 Å². The number of para-hydroxylation sites is 1. The molecule has 2 N–H and O–H groups in total. The van der Waals surface area contributed by atoms with Crippen molar-refractivity contribution in [3.05, 3.63) is 543 Å². The van der Waals surface area contributed by atoms with Gasteiger partial charge in [-0.2, -0.15) is 0 Å². The molecule has 0 spiro atoms. The van der Waals surface area contributed by atoms with E-state index in [0.29, 0.717) is 11.1 Å². The summed E-state index contributed by atoms with van der Waals surface area (Å²) in [5, 5.41) is 22.0. The summed E-state index contributed by atoms with van der Waals surface area (Å²) in [6.45, 7) is 17.5. The SMILES string of the molecule is CC(=O)C=C(C)O.CC(=O)C=C(C)O.Cc1[c-]c(-c2ccc3cc(F)c(C)cc3n2)cc(C)c1.Cc1cc(-c2[c-]cccc2)ncc1-c1ccccc1.Cc1cc(-c2[c-]cccc2)ncc1-c1ccccc1.Cc1cc(-c2nccc3ccccc23)[c-]cc1F.[Ir].[Ir].[Ir].[Ir].[Ir].[c-]1ccc2c(oc3ccccc32)c1-c1ccccn1.[c-]1ccccc1-c1ccccn1.[c-]1ccccc1-c1ccccn1.[c-]1ccccc1-c1ccccn1. The molecule has 0 aliphatic carbocycles. The summed E-state index contributed by atoms with van der Waals surface area (Å²) >= 11 is 0. The minimum Gasteiger partial charge on any atom is -0.512 e. The Balaban J connectivity index is 0.000000205. The van der Waals surface area contributed by atoms with E-state index in [-0.39, 0.29) is 135 Å². The average molecular weight is 2860 g/mol. The maximum Gasteiger partial charge on any atom is 0.155 e. The summed E-state index contributed by atoms with van der Waals surface area (Å²) in [4.78, 5) is 55.2. The Morgan fingerprint density at radius 3 is 1.15 bits per heavy atom. The van der Waals surface area contributed by atoms with Crippen LogP contribution >= 0.6 is 0 Å². The van der Waals surface area contributed by atoms with E-state index in [1.165, 1.54) is 90.9 Å². The number of aliphatic hydroxyl groups is 2. The summed E-state index contributed by atoms with van der Waals surface area (Å²) in [5.41, 5.74) is 28.6. The number of fused-ring (bicyclic) bond motifs is 5. The van der Waals surface area contributed by atoms with Crippen LogP contribution in [0.5, 0.6) is 0 Å². The van der Waals surface area contributed by atoms with Crippen molar-refractivity contribution in [3.63, 3.8) is 0 Å². The van der Waals surface area contributed by atoms with Gasteiger partial charge >= 0.3 is 0 Å². The molecule has 150 heavy (non-hydrogen) atoms. The molecule has 13 aromatic carbocycles. The maximum absolute atomic E-state index is 13.5. The minimum atomic E-state index is -0.237. The number of ketones is 2. The zero-order valence-corrected chi connectivity index (χ0v) is 95.7. The van der Waals surface area contributed by atoms with Gasteiger partial charge in [0.05, 0.1) is 22.6 Å². The van der Waals surface area contributed by atoms with Crippen LogP contribution in [0, 0.1) is 102 Å². The molecule has 0 bridgehead atoms. The van der Waals surface area contributed by atoms with Gasteiger partial charge in [-0.05, 0) is 181 Å². The molecule has 761 valence electrons. The number of hydrogen-bond donors (Lipinski definition) is 2. The first-order chi connectivity index (χ1) is 70.5. The third kappa shape index (κ3) is 36.7. The molecule has 0 saturated heterocycles. The van der Waals surface area contributed by atoms with Gasteiger partial charge in [0.2, 0.25) is 0 Å². The molecule has 0 amide bonds. The van der Waals surface area contributed by atoms with Crippen LogP contribution in [-0.2, 0) is 110 Å². The number of aliphatic hydroxyl groups excluding tert-OH is 2. The monoisotopic (exact) mass is 2860 g/mol. The summed E-state index contributed by atoms with van der Waals surface area (Å²) in [7, 11) is 0. The van der Waals surface area contributed by atoms with E-state index in [1.807, 2.05) is 323 Å². The molecule has 0 unspecified atom stereocenters. The molecule has 0 atom stereocenters. The first-order valence-corrected chi connectivity index (χ1v) is 46.8. The van der Waals surface area contributed by atoms with Gasteiger partial charge in [0.1, 0.15) is 11.4 Å². The standard InChI is InChI=1S/C18H15FN.2C18H14N.C17H10NO.C16H11FN.3C11H8N.2C5H8O2.5Ir/c1-11-6-12(2)8-15(7-11)17-5-4-14-10-16(19)13(3)9-18(14)20-17;2*1-14-12-18(16-10-6-3-7-11-16)19-13-17(14)15-8-4-2-5-9-15;1-2-10-16-12(6-1)13-7-5-8-14(17(13)19-16)15-9-3-4-11-18-15;1-11-10-13(6-7-15(11)17)16-14-5-3-2-4-12(14)8-9-18-16;3*1-2-6-10(7-3-1)11-8-4-5-9-12-11;2*1-4(6)3-5(2)7;;;;;/h4-7,9-10H,1-3H3;2*2-10,12-13H,1H3;1-7,9-11H;2-5,7-10H,1H3;3*1-6,8-9H;2*3,6H,1-2H3;;;;;/q8*-1;;;;;;;. The van der Waals surface area contributed by atoms with E-state index in [2.05, 4.69) is 164 Å². The van der Waals surface area contributed by atoms with Gasteiger partial charge < -0.3 is 49.5 Å². The minimum absolute atomic E-state index is 0. The van der Waals surface area contributed by atoms with Crippen molar-refractivity contribution in [3.8, 4) is 112 Å². The van der Waals surface area contributed by atoms with Gasteiger partial charge in [0.15, 0.2) is 11.6 Å². The number of rotatable bonds is 12. The maximum atomic E-state index is 13.5. The zero-order valence-electron chi connectivity index (χ0n) is 83.7. The molecule has 0 saturated carbocycles. The first-order valence-electron chi connectivity index (χ1n) is 46.8. The van der Waals surface area contributed by atoms with Gasteiger partial charge in [-0.3, -0.25) is 19.0 Å². The molecular weight excluding hydrogens is 2750 g/mol. The van der Waals surface area contributed by atoms with Crippen molar-refractivity contribution in [2.75, 3.05) is 0 Å². The number of pyridine rings is 8. The Hall–Kier alpha value is -15.1. The van der Waals surface area contributed by atoms with Gasteiger partial charge in [-0.15, -0.1) is 256 Å². The molecule has 9 heterocycles. The molecule has 0 aliphatic rings. The Labute approximate surface area is 944 Å². The van der Waals surface area contributed by atoms with Crippen LogP contribution in [0.4, 0.5) is 8.78 Å². The third-order valence-corrected chi connectivity index (χ3v) is 21.8. The second kappa shape index (κ2) is 62.9. The Kier molecular flexibility index (Phi) is 50.4. The summed E-state index contributed by atoms with van der Waals surface area (Å²) in [6.07, 6.45) is 15.1. The van der Waals surface area contributed by atoms with Gasteiger partial charge in [0, 0.05) is 184 Å². The van der Waals surface area contributed by atoms with Crippen LogP contribution in [0.2, 0.25) is 0 Å². The number of aromatic nitrogens is 8. The van der Waals surface area contributed by atoms with Crippen molar-refractivity contribution in [2.24, 2.45) is 0 Å². The fourth-order valence-electron chi connectivity index (χ4n) is 15.0. The molecular formula is C130H104F2Ir5N8O5-8. The number of furan rings is 1. The van der Waals surface area contributed by atoms with Crippen molar-refractivity contribution in [1.29, 1.82) is 0 Å². The first kappa shape index (κ1) is 120. The van der Waals surface area contributed by atoms with E-state index >= 15 is 0 Å². The number of carbonyl (C=O) groups excluding carboxylic acids is 2. The second-order valence-corrected chi connectivity index (χ2v) is 33.2. The molecule has 22 rings (SSSR count). The number of nitrogens with zero attached hydrogens (tertiary/aromatic N) is 8. The number of hydrogen-bond acceptors (Lipinski definition) is 13. The van der Waals surface area contributed by atoms with Crippen molar-refractivity contribution >= 4 is 55.2 Å². The van der Waals surface area contributed by atoms with Crippen LogP contribution in [-0.4, -0.2) is 61.7 Å². The second-order valence-electron chi connectivity index (χ2n) is 33.2. The molecule has 5 radical (unpaired) electrons. The van der Waals surface area contributed by atoms with Crippen LogP contribution in [0.1, 0.15) is 61.1 Å². The van der Waals surface area contributed by atoms with Crippen LogP contribution in [0.3, 0.4) is 0 Å². The van der Waals surface area contributed by atoms with E-state index < -0.39 is 0 Å². The van der Waals surface area contributed by atoms with Crippen molar-refractivity contribution in [1.82, 2.24) is 39.9 Å². The fourth-order valence-corrected chi connectivity index (χ4v) is 15.0. The molecule has 0 fully saturated rings. The zero-order chi connectivity index (χ0) is 102. The van der Waals surface area contributed by atoms with Crippen molar-refractivity contribution in [2.45, 2.75) is 69.2 Å². The van der Waals surface area contributed by atoms with Gasteiger partial charge in [0.25, 0.3) is 0 Å². The van der Waals surface area contributed by atoms with Crippen LogP contribution in [0.25, 0.3) is 156 Å². The van der Waals surface area contributed by atoms with Crippen molar-refractivity contribution < 1.29 is 134 Å². The van der Waals surface area contributed by atoms with E-state index in [0.717, 1.165) is 139 Å². The Bertz CT molecular complexity index is 7510. The summed E-state index contributed by atoms with van der Waals surface area (Å²) < 4.78 is 32.8. The Morgan fingerprint density at radius 1 is 0.313 bits per heavy atom. The largest absolute Gasteiger partial charge is 0.512 e. The topological polar surface area (TPSA) is 191 Å². The van der Waals surface area contributed by atoms with E-state index in [1.54, 1.807) is 57.0 Å². The molecule has 13 nitrogen and oxygen atoms in total. The predicted molar refractivity (Wildman–Crippen MR) is 584 cm³/mol. The predicted octanol–water partition coefficient (Wildman–Crippen LogP) is 32.1. The van der Waals surface area contributed by atoms with E-state index in [4.69, 9.17) is 14.6 Å². The fraction of sp³-hybridized carbons (Fsp3) is 0.0769. The molecule has 0 aliphatic heterocycles. The van der Waals surface area contributed by atoms with Crippen LogP contribution in [0.15, 0.2) is 454 Å². The number of benzene rings is 13. The summed E-state index contributed by atoms with van der Waals surface area (Å²) in [5.74, 6) is -0.552. The van der Waals surface area contributed by atoms with E-state index in [9.17, 15) is 18.4 Å². The quantitative estimate of drug-likeness (QED) is 0.0668. The van der Waals surface area contributed by atoms with Gasteiger partial charge in [-0.25, -0.2) is 4.39 Å². The third-order valence-electron chi connectivity index (χ3n) is 21.8. The number of halogens is 2. The summed E-state index contributed by atoms with van der Waals surface area (Å²) in [6, 6.07) is 149. The molecule has 9 aromatic heterocycles. The molecule has 22 aromatic rings. The number of allylic oxidation sites excluding steroid dienone is 4. The number of carbonyl (C=O) groups is 2. The normalized spacial score (nSPS) is 10.2. The molecule has 20 heteroatoms. The number of aryl methyl sites for hydroxylation is 6. The smallest absolute Gasteiger partial charge is 0.155 e. The van der Waals surface area contributed by atoms with Crippen LogP contribution < -0.4 is 0 Å².